The van der Waals surface area contributed by atoms with Crippen molar-refractivity contribution in [2.45, 2.75) is 38.3 Å². The van der Waals surface area contributed by atoms with Crippen molar-refractivity contribution in [2.24, 2.45) is 11.8 Å². The molecule has 7 heteroatoms. The van der Waals surface area contributed by atoms with E-state index < -0.39 is 0 Å². The Hall–Kier alpha value is -3.24. The van der Waals surface area contributed by atoms with Gasteiger partial charge < -0.3 is 10.6 Å². The monoisotopic (exact) mass is 398 g/mol. The molecule has 0 radical (unpaired) electrons. The standard InChI is InChI=1S/C23H22N6O/c24-10-17-6-18-12-26-23(27-19-2-1-14-11-25-4-3-13(14)7-19)28-21(18)29(22(17)30)20-8-15-5-16(15)9-20/h1-2,6-7,12,15-16,20,25H,3-5,8-9,11H2,(H,26,27,28). The molecule has 0 spiro atoms. The van der Waals surface area contributed by atoms with Gasteiger partial charge in [-0.05, 0) is 73.4 Å². The number of fused-ring (bicyclic) bond motifs is 3. The molecule has 0 saturated heterocycles. The summed E-state index contributed by atoms with van der Waals surface area (Å²) >= 11 is 0. The fourth-order valence-corrected chi connectivity index (χ4v) is 5.18. The van der Waals surface area contributed by atoms with Gasteiger partial charge in [-0.2, -0.15) is 10.2 Å². The molecule has 1 aromatic carbocycles. The number of hydrogen-bond acceptors (Lipinski definition) is 6. The number of nitriles is 1. The van der Waals surface area contributed by atoms with Crippen LogP contribution in [0.25, 0.3) is 11.0 Å². The second-order valence-corrected chi connectivity index (χ2v) is 8.73. The molecule has 3 aliphatic rings. The first-order valence-corrected chi connectivity index (χ1v) is 10.6. The first-order valence-electron chi connectivity index (χ1n) is 10.6. The highest BCUT2D eigenvalue weighted by Gasteiger charge is 2.47. The van der Waals surface area contributed by atoms with Crippen molar-refractivity contribution in [1.82, 2.24) is 19.9 Å². The minimum atomic E-state index is -0.234. The summed E-state index contributed by atoms with van der Waals surface area (Å²) in [6.45, 7) is 1.89. The molecule has 0 bridgehead atoms. The average molecular weight is 398 g/mol. The van der Waals surface area contributed by atoms with Gasteiger partial charge in [0.1, 0.15) is 17.3 Å². The Morgan fingerprint density at radius 1 is 1.17 bits per heavy atom. The summed E-state index contributed by atoms with van der Waals surface area (Å²) < 4.78 is 1.76. The van der Waals surface area contributed by atoms with Gasteiger partial charge in [0.15, 0.2) is 0 Å². The molecule has 2 aliphatic carbocycles. The molecule has 30 heavy (non-hydrogen) atoms. The third-order valence-corrected chi connectivity index (χ3v) is 6.83. The number of anilines is 2. The van der Waals surface area contributed by atoms with E-state index in [2.05, 4.69) is 27.8 Å². The van der Waals surface area contributed by atoms with E-state index in [-0.39, 0.29) is 17.2 Å². The summed E-state index contributed by atoms with van der Waals surface area (Å²) in [7, 11) is 0. The quantitative estimate of drug-likeness (QED) is 0.704. The second-order valence-electron chi connectivity index (χ2n) is 8.73. The highest BCUT2D eigenvalue weighted by atomic mass is 16.1. The van der Waals surface area contributed by atoms with Gasteiger partial charge >= 0.3 is 0 Å². The van der Waals surface area contributed by atoms with Crippen LogP contribution in [0.1, 0.15) is 42.0 Å². The van der Waals surface area contributed by atoms with Crippen LogP contribution in [0.3, 0.4) is 0 Å². The number of nitrogens with one attached hydrogen (secondary N) is 2. The minimum Gasteiger partial charge on any atom is -0.324 e. The maximum Gasteiger partial charge on any atom is 0.270 e. The molecular weight excluding hydrogens is 376 g/mol. The summed E-state index contributed by atoms with van der Waals surface area (Å²) in [5, 5.41) is 16.9. The fraction of sp³-hybridized carbons (Fsp3) is 0.391. The lowest BCUT2D eigenvalue weighted by Crippen LogP contribution is -2.27. The van der Waals surface area contributed by atoms with Crippen molar-refractivity contribution >= 4 is 22.7 Å². The lowest BCUT2D eigenvalue weighted by Gasteiger charge is -2.19. The summed E-state index contributed by atoms with van der Waals surface area (Å²) in [5.41, 5.74) is 4.15. The Bertz CT molecular complexity index is 1260. The first kappa shape index (κ1) is 17.6. The van der Waals surface area contributed by atoms with E-state index in [4.69, 9.17) is 4.98 Å². The SMILES string of the molecule is N#Cc1cc2cnc(Nc3ccc4c(c3)CCNC4)nc2n(C2CC3CC3C2)c1=O. The molecule has 6 rings (SSSR count). The topological polar surface area (TPSA) is 95.6 Å². The molecule has 3 heterocycles. The maximum absolute atomic E-state index is 13.0. The zero-order valence-electron chi connectivity index (χ0n) is 16.6. The van der Waals surface area contributed by atoms with Crippen LogP contribution >= 0.6 is 0 Å². The first-order chi connectivity index (χ1) is 14.7. The van der Waals surface area contributed by atoms with Crippen LogP contribution in [-0.2, 0) is 13.0 Å². The van der Waals surface area contributed by atoms with Crippen molar-refractivity contribution in [1.29, 1.82) is 5.26 Å². The van der Waals surface area contributed by atoms with E-state index in [9.17, 15) is 10.1 Å². The molecule has 2 N–H and O–H groups in total. The zero-order valence-corrected chi connectivity index (χ0v) is 16.6. The van der Waals surface area contributed by atoms with Gasteiger partial charge in [-0.15, -0.1) is 0 Å². The van der Waals surface area contributed by atoms with Crippen LogP contribution in [0, 0.1) is 23.2 Å². The molecule has 3 aromatic rings. The Balaban J connectivity index is 1.41. The predicted octanol–water partition coefficient (Wildman–Crippen LogP) is 3.02. The second kappa shape index (κ2) is 6.64. The molecule has 7 nitrogen and oxygen atoms in total. The Morgan fingerprint density at radius 3 is 2.87 bits per heavy atom. The van der Waals surface area contributed by atoms with Crippen LogP contribution in [0.2, 0.25) is 0 Å². The van der Waals surface area contributed by atoms with Crippen molar-refractivity contribution in [3.05, 3.63) is 57.5 Å². The molecule has 0 amide bonds. The number of benzene rings is 1. The van der Waals surface area contributed by atoms with Gasteiger partial charge in [-0.3, -0.25) is 9.36 Å². The lowest BCUT2D eigenvalue weighted by atomic mass is 10.0. The third-order valence-electron chi connectivity index (χ3n) is 6.83. The number of pyridine rings is 1. The van der Waals surface area contributed by atoms with Crippen molar-refractivity contribution in [3.63, 3.8) is 0 Å². The fourth-order valence-electron chi connectivity index (χ4n) is 5.18. The van der Waals surface area contributed by atoms with Gasteiger partial charge in [0.2, 0.25) is 5.95 Å². The van der Waals surface area contributed by atoms with E-state index in [1.54, 1.807) is 16.8 Å². The smallest absolute Gasteiger partial charge is 0.270 e. The van der Waals surface area contributed by atoms with E-state index in [1.165, 1.54) is 17.5 Å². The number of rotatable bonds is 3. The highest BCUT2D eigenvalue weighted by molar-refractivity contribution is 5.77. The third kappa shape index (κ3) is 2.87. The molecule has 2 atom stereocenters. The maximum atomic E-state index is 13.0. The van der Waals surface area contributed by atoms with E-state index in [0.717, 1.165) is 55.3 Å². The van der Waals surface area contributed by atoms with Crippen LogP contribution < -0.4 is 16.2 Å². The van der Waals surface area contributed by atoms with Crippen LogP contribution in [-0.4, -0.2) is 21.1 Å². The molecule has 2 fully saturated rings. The van der Waals surface area contributed by atoms with Crippen LogP contribution in [0.5, 0.6) is 0 Å². The molecule has 150 valence electrons. The Morgan fingerprint density at radius 2 is 2.03 bits per heavy atom. The van der Waals surface area contributed by atoms with Gasteiger partial charge in [-0.25, -0.2) is 4.98 Å². The highest BCUT2D eigenvalue weighted by Crippen LogP contribution is 2.56. The van der Waals surface area contributed by atoms with E-state index in [0.29, 0.717) is 11.6 Å². The Labute approximate surface area is 173 Å². The summed E-state index contributed by atoms with van der Waals surface area (Å²) in [5.74, 6) is 1.93. The molecule has 2 unspecified atom stereocenters. The van der Waals surface area contributed by atoms with Crippen LogP contribution in [0.4, 0.5) is 11.6 Å². The predicted molar refractivity (Wildman–Crippen MR) is 114 cm³/mol. The van der Waals surface area contributed by atoms with Gasteiger partial charge in [0.25, 0.3) is 5.56 Å². The van der Waals surface area contributed by atoms with E-state index in [1.807, 2.05) is 12.1 Å². The van der Waals surface area contributed by atoms with Gasteiger partial charge in [0.05, 0.1) is 0 Å². The van der Waals surface area contributed by atoms with Gasteiger partial charge in [-0.1, -0.05) is 6.07 Å². The summed E-state index contributed by atoms with van der Waals surface area (Å²) in [6, 6.07) is 10.1. The zero-order chi connectivity index (χ0) is 20.2. The molecular formula is C23H22N6O. The Kier molecular flexibility index (Phi) is 3.90. The number of aromatic nitrogens is 3. The lowest BCUT2D eigenvalue weighted by molar-refractivity contribution is 0.465. The average Bonchev–Trinajstić information content (AvgIpc) is 3.38. The summed E-state index contributed by atoms with van der Waals surface area (Å²) in [6.07, 6.45) is 5.99. The van der Waals surface area contributed by atoms with Crippen LogP contribution in [0.15, 0.2) is 35.3 Å². The summed E-state index contributed by atoms with van der Waals surface area (Å²) in [4.78, 5) is 22.2. The molecule has 1 aliphatic heterocycles. The van der Waals surface area contributed by atoms with E-state index >= 15 is 0 Å². The van der Waals surface area contributed by atoms with Gasteiger partial charge in [0, 0.05) is 29.9 Å². The van der Waals surface area contributed by atoms with Crippen molar-refractivity contribution in [2.75, 3.05) is 11.9 Å². The van der Waals surface area contributed by atoms with Crippen molar-refractivity contribution < 1.29 is 0 Å². The normalized spacial score (nSPS) is 24.2. The molecule has 2 aromatic heterocycles. The minimum absolute atomic E-state index is 0.121. The number of nitrogens with zero attached hydrogens (tertiary/aromatic N) is 4. The molecule has 2 saturated carbocycles. The number of hydrogen-bond donors (Lipinski definition) is 2. The largest absolute Gasteiger partial charge is 0.324 e. The van der Waals surface area contributed by atoms with Crippen molar-refractivity contribution in [3.8, 4) is 6.07 Å².